The van der Waals surface area contributed by atoms with Crippen LogP contribution in [0.4, 0.5) is 5.69 Å². The monoisotopic (exact) mass is 661 g/mol. The van der Waals surface area contributed by atoms with Crippen molar-refractivity contribution in [3.8, 4) is 28.7 Å². The number of nitrogens with one attached hydrogen (secondary N) is 1. The van der Waals surface area contributed by atoms with Crippen LogP contribution >= 0.6 is 23.2 Å². The minimum Gasteiger partial charge on any atom is -0.493 e. The predicted molar refractivity (Wildman–Crippen MR) is 171 cm³/mol. The molecule has 0 bridgehead atoms. The van der Waals surface area contributed by atoms with Gasteiger partial charge in [0.2, 0.25) is 12.5 Å². The van der Waals surface area contributed by atoms with Crippen molar-refractivity contribution < 1.29 is 38.0 Å². The van der Waals surface area contributed by atoms with Crippen LogP contribution in [0.1, 0.15) is 44.6 Å². The number of anilines is 1. The summed E-state index contributed by atoms with van der Waals surface area (Å²) in [4.78, 5) is 27.5. The molecule has 0 spiro atoms. The first kappa shape index (κ1) is 30.1. The highest BCUT2D eigenvalue weighted by Crippen LogP contribution is 2.56. The van der Waals surface area contributed by atoms with Crippen molar-refractivity contribution in [3.05, 3.63) is 105 Å². The van der Waals surface area contributed by atoms with Crippen molar-refractivity contribution in [2.75, 3.05) is 40.0 Å². The van der Waals surface area contributed by atoms with E-state index in [-0.39, 0.29) is 31.1 Å². The topological polar surface area (TPSA) is 102 Å². The van der Waals surface area contributed by atoms with Gasteiger partial charge in [0.1, 0.15) is 0 Å². The highest BCUT2D eigenvalue weighted by molar-refractivity contribution is 6.35. The van der Waals surface area contributed by atoms with E-state index in [0.29, 0.717) is 55.6 Å². The molecule has 0 saturated carbocycles. The molecule has 7 rings (SSSR count). The van der Waals surface area contributed by atoms with Crippen LogP contribution in [0.2, 0.25) is 10.0 Å². The Bertz CT molecular complexity index is 1850. The van der Waals surface area contributed by atoms with Gasteiger partial charge in [-0.2, -0.15) is 0 Å². The maximum Gasteiger partial charge on any atom is 0.310 e. The molecular formula is C35H29Cl2NO8. The molecule has 11 heteroatoms. The summed E-state index contributed by atoms with van der Waals surface area (Å²) in [5, 5.41) is 4.33. The van der Waals surface area contributed by atoms with Crippen LogP contribution in [0.25, 0.3) is 0 Å². The number of fused-ring (bicyclic) bond motifs is 3. The zero-order chi connectivity index (χ0) is 32.1. The van der Waals surface area contributed by atoms with E-state index in [4.69, 9.17) is 51.6 Å². The van der Waals surface area contributed by atoms with Gasteiger partial charge in [0.05, 0.1) is 44.9 Å². The Morgan fingerprint density at radius 1 is 0.826 bits per heavy atom. The second-order valence-electron chi connectivity index (χ2n) is 11.2. The van der Waals surface area contributed by atoms with Crippen molar-refractivity contribution in [2.24, 2.45) is 11.8 Å². The van der Waals surface area contributed by atoms with Crippen LogP contribution in [0, 0.1) is 11.8 Å². The number of rotatable bonds is 8. The number of ketones is 1. The number of hydrogen-bond donors (Lipinski definition) is 1. The number of esters is 1. The van der Waals surface area contributed by atoms with Crippen molar-refractivity contribution in [3.63, 3.8) is 0 Å². The largest absolute Gasteiger partial charge is 0.493 e. The maximum absolute atomic E-state index is 13.8. The third-order valence-electron chi connectivity index (χ3n) is 8.89. The highest BCUT2D eigenvalue weighted by Gasteiger charge is 2.53. The number of hydrogen-bond acceptors (Lipinski definition) is 9. The fraction of sp³-hybridized carbons (Fsp3) is 0.257. The third-order valence-corrected chi connectivity index (χ3v) is 9.45. The molecule has 1 fully saturated rings. The third kappa shape index (κ3) is 4.94. The number of cyclic esters (lactones) is 1. The first-order chi connectivity index (χ1) is 22.3. The van der Waals surface area contributed by atoms with Gasteiger partial charge in [0.25, 0.3) is 0 Å². The van der Waals surface area contributed by atoms with E-state index in [1.807, 2.05) is 24.3 Å². The fourth-order valence-electron chi connectivity index (χ4n) is 6.82. The summed E-state index contributed by atoms with van der Waals surface area (Å²) in [6.45, 7) is 0.241. The van der Waals surface area contributed by atoms with Gasteiger partial charge in [0, 0.05) is 33.7 Å². The summed E-state index contributed by atoms with van der Waals surface area (Å²) in [5.41, 5.74) is 3.71. The van der Waals surface area contributed by atoms with E-state index >= 15 is 0 Å². The van der Waals surface area contributed by atoms with E-state index < -0.39 is 17.9 Å². The highest BCUT2D eigenvalue weighted by atomic mass is 35.5. The van der Waals surface area contributed by atoms with E-state index in [0.717, 1.165) is 16.7 Å². The number of carbonyl (C=O) groups is 2. The zero-order valence-electron chi connectivity index (χ0n) is 25.1. The van der Waals surface area contributed by atoms with E-state index in [2.05, 4.69) is 5.32 Å². The van der Waals surface area contributed by atoms with Crippen LogP contribution in [0.3, 0.4) is 0 Å². The molecule has 4 atom stereocenters. The lowest BCUT2D eigenvalue weighted by molar-refractivity contribution is -0.141. The summed E-state index contributed by atoms with van der Waals surface area (Å²) < 4.78 is 34.3. The molecule has 1 saturated heterocycles. The second kappa shape index (κ2) is 12.0. The Balaban J connectivity index is 1.39. The molecule has 2 heterocycles. The Labute approximate surface area is 275 Å². The van der Waals surface area contributed by atoms with Gasteiger partial charge in [-0.3, -0.25) is 9.59 Å². The fourth-order valence-corrected chi connectivity index (χ4v) is 7.21. The second-order valence-corrected chi connectivity index (χ2v) is 12.1. The number of methoxy groups -OCH3 is 3. The van der Waals surface area contributed by atoms with Gasteiger partial charge in [-0.05, 0) is 71.3 Å². The molecule has 0 amide bonds. The standard InChI is InChI=1S/C35H29Cl2NO8/c1-41-28-10-17(11-29(42-2)34(28)43-3)30-20-13-26-27(46-16-45-26)14-21(20)32(23-15-44-35(40)31(23)30)38-25-9-8-18(36)12-22(25)33(39)19-6-4-5-7-24(19)37/h4-14,23,30-32,38H,15-16H2,1-3H3/t23-,30+,31-,32+/m0/s1. The van der Waals surface area contributed by atoms with E-state index in [1.54, 1.807) is 63.8 Å². The summed E-state index contributed by atoms with van der Waals surface area (Å²) in [5.74, 6) is 0.529. The number of benzene rings is 4. The Morgan fingerprint density at radius 2 is 1.52 bits per heavy atom. The van der Waals surface area contributed by atoms with E-state index in [9.17, 15) is 9.59 Å². The molecule has 9 nitrogen and oxygen atoms in total. The summed E-state index contributed by atoms with van der Waals surface area (Å²) >= 11 is 12.8. The average molecular weight is 663 g/mol. The van der Waals surface area contributed by atoms with Gasteiger partial charge in [0.15, 0.2) is 28.8 Å². The zero-order valence-corrected chi connectivity index (χ0v) is 26.6. The van der Waals surface area contributed by atoms with Crippen LogP contribution in [-0.4, -0.2) is 46.5 Å². The smallest absolute Gasteiger partial charge is 0.310 e. The van der Waals surface area contributed by atoms with Gasteiger partial charge in [-0.15, -0.1) is 0 Å². The van der Waals surface area contributed by atoms with Crippen molar-refractivity contribution in [1.29, 1.82) is 0 Å². The molecule has 4 aromatic carbocycles. The molecular weight excluding hydrogens is 633 g/mol. The average Bonchev–Trinajstić information content (AvgIpc) is 3.69. The molecule has 4 aromatic rings. The minimum atomic E-state index is -0.594. The van der Waals surface area contributed by atoms with Crippen molar-refractivity contribution in [1.82, 2.24) is 0 Å². The summed E-state index contributed by atoms with van der Waals surface area (Å²) in [6, 6.07) is 19.1. The lowest BCUT2D eigenvalue weighted by Crippen LogP contribution is -2.38. The predicted octanol–water partition coefficient (Wildman–Crippen LogP) is 7.07. The molecule has 2 aliphatic heterocycles. The Kier molecular flexibility index (Phi) is 7.82. The molecule has 46 heavy (non-hydrogen) atoms. The molecule has 0 unspecified atom stereocenters. The summed E-state index contributed by atoms with van der Waals surface area (Å²) in [6.07, 6.45) is 0. The molecule has 0 aromatic heterocycles. The first-order valence-electron chi connectivity index (χ1n) is 14.6. The van der Waals surface area contributed by atoms with Crippen LogP contribution in [0.15, 0.2) is 66.7 Å². The van der Waals surface area contributed by atoms with Gasteiger partial charge >= 0.3 is 5.97 Å². The molecule has 1 aliphatic carbocycles. The Hall–Kier alpha value is -4.60. The van der Waals surface area contributed by atoms with Gasteiger partial charge in [-0.25, -0.2) is 0 Å². The molecule has 236 valence electrons. The van der Waals surface area contributed by atoms with Crippen molar-refractivity contribution >= 4 is 40.6 Å². The quantitative estimate of drug-likeness (QED) is 0.157. The minimum absolute atomic E-state index is 0.0771. The molecule has 1 N–H and O–H groups in total. The SMILES string of the molecule is COc1cc([C@@H]2c3cc4c(cc3[C@@H](Nc3ccc(Cl)cc3C(=O)c3ccccc3Cl)[C@H]3COC(=O)[C@H]23)OCO4)cc(OC)c1OC. The lowest BCUT2D eigenvalue weighted by atomic mass is 9.65. The lowest BCUT2D eigenvalue weighted by Gasteiger charge is -2.40. The van der Waals surface area contributed by atoms with Gasteiger partial charge < -0.3 is 33.7 Å². The van der Waals surface area contributed by atoms with Crippen LogP contribution in [-0.2, 0) is 9.53 Å². The number of ether oxygens (including phenoxy) is 6. The summed E-state index contributed by atoms with van der Waals surface area (Å²) in [7, 11) is 4.64. The maximum atomic E-state index is 13.8. The van der Waals surface area contributed by atoms with Crippen LogP contribution in [0.5, 0.6) is 28.7 Å². The van der Waals surface area contributed by atoms with Gasteiger partial charge in [-0.1, -0.05) is 35.3 Å². The normalized spacial score (nSPS) is 20.8. The number of carbonyl (C=O) groups excluding carboxylic acids is 2. The van der Waals surface area contributed by atoms with Crippen molar-refractivity contribution in [2.45, 2.75) is 12.0 Å². The Morgan fingerprint density at radius 3 is 2.20 bits per heavy atom. The first-order valence-corrected chi connectivity index (χ1v) is 15.3. The molecule has 0 radical (unpaired) electrons. The van der Waals surface area contributed by atoms with E-state index in [1.165, 1.54) is 0 Å². The molecule has 3 aliphatic rings. The van der Waals surface area contributed by atoms with Crippen LogP contribution < -0.4 is 29.0 Å². The number of halogens is 2.